The largest absolute Gasteiger partial charge is 1.00 e. The number of Topliss-reactive ketones (excluding diaryl/α,β-unsaturated/α-hetero) is 1. The van der Waals surface area contributed by atoms with Crippen LogP contribution in [0, 0.1) is 40.9 Å². The van der Waals surface area contributed by atoms with Crippen molar-refractivity contribution in [3.05, 3.63) is 0 Å². The molecule has 8 aliphatic carbocycles. The standard InChI is InChI=1S/C17H28O3.C10H15NO6.C10H17N.3C2H6.ClH/c1-19-4-5-20-3-2-16(18)12-17-9-13-6-14(10-17)8-15(7-13)11-17;1-15-6-7-16-5-4-10(14)17-11-8(12)2-3-9(11)13;11-10-4-7-1-8(5-10)3-9(2-7)6-10;3*1-2;/h13-15H,2-12H2,1H3;2-7H2,1H3;7-9H,1-6,11H2;3*1-2H3;1H. The second kappa shape index (κ2) is 27.1. The normalized spacial score (nSPS) is 31.1. The van der Waals surface area contributed by atoms with Crippen molar-refractivity contribution < 1.29 is 61.1 Å². The van der Waals surface area contributed by atoms with E-state index in [1.165, 1.54) is 57.8 Å². The summed E-state index contributed by atoms with van der Waals surface area (Å²) in [5.74, 6) is 4.85. The number of halogens is 1. The molecule has 1 heterocycles. The molecule has 0 aromatic heterocycles. The van der Waals surface area contributed by atoms with Crippen molar-refractivity contribution in [1.29, 1.82) is 0 Å². The van der Waals surface area contributed by atoms with Crippen LogP contribution in [0.15, 0.2) is 0 Å². The Balaban J connectivity index is 0.000000393. The number of hydrogen-bond donors (Lipinski definition) is 1. The Morgan fingerprint density at radius 1 is 0.600 bits per heavy atom. The van der Waals surface area contributed by atoms with Crippen LogP contribution < -0.4 is 18.1 Å². The number of quaternary nitrogens is 1. The molecule has 9 rings (SSSR count). The number of carbonyl (C=O) groups is 4. The van der Waals surface area contributed by atoms with E-state index in [0.717, 1.165) is 41.9 Å². The molecule has 11 nitrogen and oxygen atoms in total. The highest BCUT2D eigenvalue weighted by Gasteiger charge is 2.52. The molecule has 2 amide bonds. The molecule has 0 aromatic rings. The maximum Gasteiger partial charge on any atom is 0.335 e. The van der Waals surface area contributed by atoms with Gasteiger partial charge in [-0.25, -0.2) is 4.79 Å². The van der Waals surface area contributed by atoms with E-state index in [-0.39, 0.29) is 38.3 Å². The minimum atomic E-state index is -0.661. The molecule has 0 spiro atoms. The van der Waals surface area contributed by atoms with E-state index in [2.05, 4.69) is 10.6 Å². The van der Waals surface area contributed by atoms with Crippen LogP contribution in [0.1, 0.15) is 151 Å². The minimum absolute atomic E-state index is 0. The molecule has 9 aliphatic rings. The predicted octanol–water partition coefficient (Wildman–Crippen LogP) is 4.14. The number of ether oxygens (including phenoxy) is 4. The molecular weight excluding hydrogens is 724 g/mol. The monoisotopic (exact) mass is 803 g/mol. The summed E-state index contributed by atoms with van der Waals surface area (Å²) in [5.41, 5.74) is 5.37. The van der Waals surface area contributed by atoms with Crippen molar-refractivity contribution in [3.63, 3.8) is 0 Å². The number of nitrogens with zero attached hydrogens (tertiary/aromatic N) is 1. The van der Waals surface area contributed by atoms with Gasteiger partial charge in [0.25, 0.3) is 11.8 Å². The summed E-state index contributed by atoms with van der Waals surface area (Å²) in [4.78, 5) is 50.3. The lowest BCUT2D eigenvalue weighted by Gasteiger charge is -2.56. The molecule has 3 N–H and O–H groups in total. The summed E-state index contributed by atoms with van der Waals surface area (Å²) < 4.78 is 20.1. The lowest BCUT2D eigenvalue weighted by atomic mass is 9.48. The van der Waals surface area contributed by atoms with Crippen LogP contribution >= 0.6 is 0 Å². The van der Waals surface area contributed by atoms with E-state index in [0.29, 0.717) is 61.3 Å². The zero-order chi connectivity index (χ0) is 40.1. The molecule has 0 atom stereocenters. The quantitative estimate of drug-likeness (QED) is 0.191. The maximum atomic E-state index is 12.2. The fourth-order valence-corrected chi connectivity index (χ4v) is 10.9. The SMILES string of the molecule is CC.CC.CC.COCCOCCC(=O)CC12CC3CC(CC(C3)C1)C2.COCCOCCC(=O)ON1C(=O)CCC1=O.[Cl-].[NH3+]C12CC3CC(CC(C3)C1)C2. The lowest BCUT2D eigenvalue weighted by Crippen LogP contribution is -3.00. The number of methoxy groups -OCH3 is 2. The van der Waals surface area contributed by atoms with E-state index in [9.17, 15) is 19.2 Å². The first-order valence-corrected chi connectivity index (χ1v) is 21.6. The fraction of sp³-hybridized carbons (Fsp3) is 0.907. The van der Waals surface area contributed by atoms with Gasteiger partial charge in [0.2, 0.25) is 0 Å². The summed E-state index contributed by atoms with van der Waals surface area (Å²) in [6.45, 7) is 14.8. The Labute approximate surface area is 339 Å². The molecule has 12 heteroatoms. The van der Waals surface area contributed by atoms with Gasteiger partial charge in [0, 0.05) is 59.2 Å². The Morgan fingerprint density at radius 3 is 1.33 bits per heavy atom. The van der Waals surface area contributed by atoms with Gasteiger partial charge in [-0.3, -0.25) is 14.4 Å². The first-order chi connectivity index (χ1) is 26.1. The molecule has 0 radical (unpaired) electrons. The first-order valence-electron chi connectivity index (χ1n) is 21.6. The van der Waals surface area contributed by atoms with Gasteiger partial charge in [-0.05, 0) is 98.7 Å². The Hall–Kier alpha value is -1.63. The highest BCUT2D eigenvalue weighted by atomic mass is 35.5. The number of ketones is 1. The van der Waals surface area contributed by atoms with Crippen LogP contribution in [0.4, 0.5) is 0 Å². The van der Waals surface area contributed by atoms with Gasteiger partial charge in [-0.15, -0.1) is 5.06 Å². The van der Waals surface area contributed by atoms with Gasteiger partial charge in [0.1, 0.15) is 5.78 Å². The van der Waals surface area contributed by atoms with Gasteiger partial charge < -0.3 is 41.9 Å². The molecule has 9 fully saturated rings. The van der Waals surface area contributed by atoms with Crippen LogP contribution in [0.25, 0.3) is 0 Å². The van der Waals surface area contributed by atoms with Crippen LogP contribution in [-0.4, -0.2) is 88.0 Å². The van der Waals surface area contributed by atoms with Crippen LogP contribution in [0.5, 0.6) is 0 Å². The van der Waals surface area contributed by atoms with Crippen molar-refractivity contribution in [1.82, 2.24) is 5.06 Å². The van der Waals surface area contributed by atoms with Gasteiger partial charge in [-0.2, -0.15) is 0 Å². The number of hydrogen-bond acceptors (Lipinski definition) is 9. The van der Waals surface area contributed by atoms with Crippen molar-refractivity contribution in [2.75, 3.05) is 53.9 Å². The molecule has 8 saturated carbocycles. The van der Waals surface area contributed by atoms with Crippen molar-refractivity contribution >= 4 is 23.6 Å². The second-order valence-electron chi connectivity index (χ2n) is 16.3. The third-order valence-electron chi connectivity index (χ3n) is 11.9. The van der Waals surface area contributed by atoms with Crippen molar-refractivity contribution in [3.8, 4) is 0 Å². The Kier molecular flexibility index (Phi) is 25.3. The highest BCUT2D eigenvalue weighted by molar-refractivity contribution is 6.01. The summed E-state index contributed by atoms with van der Waals surface area (Å²) in [5, 5.41) is 0.525. The van der Waals surface area contributed by atoms with Gasteiger partial charge in [0.15, 0.2) is 0 Å². The van der Waals surface area contributed by atoms with Crippen LogP contribution in [0.2, 0.25) is 0 Å². The van der Waals surface area contributed by atoms with Crippen molar-refractivity contribution in [2.45, 2.75) is 156 Å². The molecular formula is C43H79ClN2O9. The number of amides is 2. The van der Waals surface area contributed by atoms with E-state index in [1.54, 1.807) is 33.5 Å². The van der Waals surface area contributed by atoms with Gasteiger partial charge >= 0.3 is 5.97 Å². The fourth-order valence-electron chi connectivity index (χ4n) is 10.9. The van der Waals surface area contributed by atoms with Crippen molar-refractivity contribution in [2.24, 2.45) is 40.9 Å². The summed E-state index contributed by atoms with van der Waals surface area (Å²) in [7, 11) is 3.21. The molecule has 0 unspecified atom stereocenters. The van der Waals surface area contributed by atoms with Crippen LogP contribution in [0.3, 0.4) is 0 Å². The first kappa shape index (κ1) is 51.4. The smallest absolute Gasteiger partial charge is 0.335 e. The lowest BCUT2D eigenvalue weighted by molar-refractivity contribution is -0.504. The minimum Gasteiger partial charge on any atom is -1.00 e. The zero-order valence-corrected chi connectivity index (χ0v) is 36.7. The summed E-state index contributed by atoms with van der Waals surface area (Å²) >= 11 is 0. The molecule has 55 heavy (non-hydrogen) atoms. The second-order valence-corrected chi connectivity index (χ2v) is 16.3. The number of hydroxylamine groups is 2. The van der Waals surface area contributed by atoms with Gasteiger partial charge in [0.05, 0.1) is 51.6 Å². The van der Waals surface area contributed by atoms with E-state index < -0.39 is 17.8 Å². The summed E-state index contributed by atoms with van der Waals surface area (Å²) in [6, 6.07) is 0. The predicted molar refractivity (Wildman–Crippen MR) is 210 cm³/mol. The van der Waals surface area contributed by atoms with E-state index in [4.69, 9.17) is 18.9 Å². The molecule has 1 saturated heterocycles. The van der Waals surface area contributed by atoms with E-state index in [1.807, 2.05) is 41.5 Å². The highest BCUT2D eigenvalue weighted by Crippen LogP contribution is 2.61. The number of carbonyl (C=O) groups excluding carboxylic acids is 4. The molecule has 1 aliphatic heterocycles. The Bertz CT molecular complexity index is 1030. The molecule has 322 valence electrons. The average molecular weight is 804 g/mol. The third-order valence-corrected chi connectivity index (χ3v) is 11.9. The number of imide groups is 1. The third kappa shape index (κ3) is 17.0. The van der Waals surface area contributed by atoms with E-state index >= 15 is 0 Å². The maximum absolute atomic E-state index is 12.2. The average Bonchev–Trinajstić information content (AvgIpc) is 3.45. The number of rotatable bonds is 15. The molecule has 8 bridgehead atoms. The zero-order valence-electron chi connectivity index (χ0n) is 35.9. The Morgan fingerprint density at radius 2 is 0.964 bits per heavy atom. The summed E-state index contributed by atoms with van der Waals surface area (Å²) in [6.07, 6.45) is 19.0. The van der Waals surface area contributed by atoms with Crippen LogP contribution in [-0.2, 0) is 43.0 Å². The van der Waals surface area contributed by atoms with Gasteiger partial charge in [-0.1, -0.05) is 41.5 Å². The topological polar surface area (TPSA) is 145 Å². The molecule has 0 aromatic carbocycles.